The second-order valence-electron chi connectivity index (χ2n) is 4.01. The van der Waals surface area contributed by atoms with Gasteiger partial charge >= 0.3 is 0 Å². The third-order valence-electron chi connectivity index (χ3n) is 2.72. The van der Waals surface area contributed by atoms with Crippen LogP contribution in [-0.2, 0) is 5.75 Å². The van der Waals surface area contributed by atoms with Crippen LogP contribution in [-0.4, -0.2) is 17.1 Å². The van der Waals surface area contributed by atoms with Crippen LogP contribution in [0, 0.1) is 10.1 Å². The second-order valence-corrected chi connectivity index (χ2v) is 5.03. The van der Waals surface area contributed by atoms with E-state index < -0.39 is 4.92 Å². The summed E-state index contributed by atoms with van der Waals surface area (Å²) in [6.07, 6.45) is 0. The van der Waals surface area contributed by atoms with Gasteiger partial charge in [-0.2, -0.15) is 0 Å². The molecule has 0 amide bonds. The maximum atomic E-state index is 10.8. The summed E-state index contributed by atoms with van der Waals surface area (Å²) in [5, 5.41) is 20.5. The van der Waals surface area contributed by atoms with Gasteiger partial charge in [0.1, 0.15) is 11.5 Å². The van der Waals surface area contributed by atoms with E-state index in [0.717, 1.165) is 10.5 Å². The maximum absolute atomic E-state index is 10.8. The molecule has 1 N–H and O–H groups in total. The quantitative estimate of drug-likeness (QED) is 0.517. The van der Waals surface area contributed by atoms with Gasteiger partial charge in [-0.05, 0) is 18.2 Å². The fourth-order valence-corrected chi connectivity index (χ4v) is 2.65. The Morgan fingerprint density at radius 3 is 2.70 bits per heavy atom. The third kappa shape index (κ3) is 3.21. The van der Waals surface area contributed by atoms with Crippen molar-refractivity contribution in [1.82, 2.24) is 0 Å². The van der Waals surface area contributed by atoms with Gasteiger partial charge in [-0.25, -0.2) is 0 Å². The van der Waals surface area contributed by atoms with E-state index in [1.807, 2.05) is 6.07 Å². The predicted molar refractivity (Wildman–Crippen MR) is 77.3 cm³/mol. The molecule has 20 heavy (non-hydrogen) atoms. The van der Waals surface area contributed by atoms with E-state index in [2.05, 4.69) is 0 Å². The van der Waals surface area contributed by atoms with Gasteiger partial charge in [0.2, 0.25) is 0 Å². The highest BCUT2D eigenvalue weighted by atomic mass is 32.2. The molecule has 5 nitrogen and oxygen atoms in total. The number of nitro benzene ring substituents is 1. The second kappa shape index (κ2) is 6.29. The molecule has 104 valence electrons. The SMILES string of the molecule is COc1ccc([N+](=O)[O-])cc1CSc1ccccc1O. The smallest absolute Gasteiger partial charge is 0.270 e. The van der Waals surface area contributed by atoms with Gasteiger partial charge in [0.25, 0.3) is 5.69 Å². The lowest BCUT2D eigenvalue weighted by atomic mass is 10.2. The summed E-state index contributed by atoms with van der Waals surface area (Å²) in [5.41, 5.74) is 0.744. The van der Waals surface area contributed by atoms with E-state index in [9.17, 15) is 15.2 Å². The highest BCUT2D eigenvalue weighted by Gasteiger charge is 2.12. The summed E-state index contributed by atoms with van der Waals surface area (Å²) in [5.74, 6) is 1.27. The Morgan fingerprint density at radius 2 is 2.05 bits per heavy atom. The molecule has 0 heterocycles. The van der Waals surface area contributed by atoms with Crippen molar-refractivity contribution >= 4 is 17.4 Å². The number of benzene rings is 2. The largest absolute Gasteiger partial charge is 0.507 e. The number of rotatable bonds is 5. The fraction of sp³-hybridized carbons (Fsp3) is 0.143. The van der Waals surface area contributed by atoms with Crippen LogP contribution in [0.5, 0.6) is 11.5 Å². The van der Waals surface area contributed by atoms with Crippen LogP contribution in [0.3, 0.4) is 0 Å². The molecule has 0 fully saturated rings. The minimum Gasteiger partial charge on any atom is -0.507 e. The third-order valence-corrected chi connectivity index (χ3v) is 3.83. The first kappa shape index (κ1) is 14.2. The molecule has 0 bridgehead atoms. The zero-order chi connectivity index (χ0) is 14.5. The van der Waals surface area contributed by atoms with Crippen molar-refractivity contribution in [2.24, 2.45) is 0 Å². The van der Waals surface area contributed by atoms with Gasteiger partial charge in [-0.1, -0.05) is 12.1 Å². The molecule has 0 aromatic heterocycles. The van der Waals surface area contributed by atoms with Gasteiger partial charge in [0.15, 0.2) is 0 Å². The summed E-state index contributed by atoms with van der Waals surface area (Å²) in [4.78, 5) is 11.1. The van der Waals surface area contributed by atoms with Crippen LogP contribution in [0.2, 0.25) is 0 Å². The molecular formula is C14H13NO4S. The summed E-state index contributed by atoms with van der Waals surface area (Å²) < 4.78 is 5.20. The Bertz CT molecular complexity index is 630. The van der Waals surface area contributed by atoms with Gasteiger partial charge in [0, 0.05) is 28.3 Å². The molecule has 2 aromatic rings. The predicted octanol–water partition coefficient (Wildman–Crippen LogP) is 3.60. The average Bonchev–Trinajstić information content (AvgIpc) is 2.46. The number of non-ortho nitro benzene ring substituents is 1. The van der Waals surface area contributed by atoms with Crippen molar-refractivity contribution in [2.45, 2.75) is 10.6 Å². The zero-order valence-electron chi connectivity index (χ0n) is 10.8. The first-order chi connectivity index (χ1) is 9.61. The van der Waals surface area contributed by atoms with Gasteiger partial charge in [0.05, 0.1) is 12.0 Å². The molecule has 0 aliphatic carbocycles. The molecule has 0 spiro atoms. The normalized spacial score (nSPS) is 10.2. The number of aromatic hydroxyl groups is 1. The number of thioether (sulfide) groups is 1. The van der Waals surface area contributed by atoms with E-state index >= 15 is 0 Å². The zero-order valence-corrected chi connectivity index (χ0v) is 11.6. The minimum absolute atomic E-state index is 0.0266. The number of phenolic OH excluding ortho intramolecular Hbond substituents is 1. The number of methoxy groups -OCH3 is 1. The van der Waals surface area contributed by atoms with Gasteiger partial charge in [-0.3, -0.25) is 10.1 Å². The lowest BCUT2D eigenvalue weighted by Crippen LogP contribution is -1.94. The van der Waals surface area contributed by atoms with Crippen molar-refractivity contribution in [3.05, 3.63) is 58.1 Å². The summed E-state index contributed by atoms with van der Waals surface area (Å²) in [6.45, 7) is 0. The number of nitro groups is 1. The molecule has 0 aliphatic heterocycles. The van der Waals surface area contributed by atoms with Crippen molar-refractivity contribution < 1.29 is 14.8 Å². The Morgan fingerprint density at radius 1 is 1.30 bits per heavy atom. The van der Waals surface area contributed by atoms with Crippen molar-refractivity contribution in [1.29, 1.82) is 0 Å². The first-order valence-electron chi connectivity index (χ1n) is 5.84. The van der Waals surface area contributed by atoms with Crippen molar-refractivity contribution in [3.8, 4) is 11.5 Å². The van der Waals surface area contributed by atoms with E-state index in [-0.39, 0.29) is 11.4 Å². The highest BCUT2D eigenvalue weighted by molar-refractivity contribution is 7.98. The molecule has 0 saturated heterocycles. The van der Waals surface area contributed by atoms with Gasteiger partial charge in [-0.15, -0.1) is 11.8 Å². The summed E-state index contributed by atoms with van der Waals surface area (Å²) >= 11 is 1.40. The molecule has 0 radical (unpaired) electrons. The van der Waals surface area contributed by atoms with Crippen LogP contribution in [0.4, 0.5) is 5.69 Å². The number of hydrogen-bond acceptors (Lipinski definition) is 5. The molecule has 0 unspecified atom stereocenters. The van der Waals surface area contributed by atoms with Crippen LogP contribution in [0.1, 0.15) is 5.56 Å². The topological polar surface area (TPSA) is 72.6 Å². The van der Waals surface area contributed by atoms with Crippen molar-refractivity contribution in [2.75, 3.05) is 7.11 Å². The monoisotopic (exact) mass is 291 g/mol. The first-order valence-corrected chi connectivity index (χ1v) is 6.82. The Kier molecular flexibility index (Phi) is 4.47. The Labute approximate surface area is 120 Å². The maximum Gasteiger partial charge on any atom is 0.270 e. The van der Waals surface area contributed by atoms with Crippen LogP contribution < -0.4 is 4.74 Å². The standard InChI is InChI=1S/C14H13NO4S/c1-19-13-7-6-11(15(17)18)8-10(13)9-20-14-5-3-2-4-12(14)16/h2-8,16H,9H2,1H3. The number of para-hydroxylation sites is 1. The van der Waals surface area contributed by atoms with E-state index in [0.29, 0.717) is 11.5 Å². The van der Waals surface area contributed by atoms with Crippen LogP contribution in [0.15, 0.2) is 47.4 Å². The van der Waals surface area contributed by atoms with E-state index in [1.54, 1.807) is 24.3 Å². The Balaban J connectivity index is 2.22. The number of phenols is 1. The number of nitrogens with zero attached hydrogens (tertiary/aromatic N) is 1. The molecule has 0 aliphatic rings. The molecule has 2 aromatic carbocycles. The molecular weight excluding hydrogens is 278 g/mol. The fourth-order valence-electron chi connectivity index (χ4n) is 1.73. The highest BCUT2D eigenvalue weighted by Crippen LogP contribution is 2.34. The molecule has 0 saturated carbocycles. The van der Waals surface area contributed by atoms with E-state index in [1.165, 1.54) is 31.0 Å². The molecule has 2 rings (SSSR count). The van der Waals surface area contributed by atoms with E-state index in [4.69, 9.17) is 4.74 Å². The lowest BCUT2D eigenvalue weighted by molar-refractivity contribution is -0.384. The van der Waals surface area contributed by atoms with Crippen LogP contribution in [0.25, 0.3) is 0 Å². The number of hydrogen-bond donors (Lipinski definition) is 1. The minimum atomic E-state index is -0.437. The summed E-state index contributed by atoms with van der Waals surface area (Å²) in [7, 11) is 1.52. The molecule has 6 heteroatoms. The van der Waals surface area contributed by atoms with Crippen LogP contribution >= 0.6 is 11.8 Å². The van der Waals surface area contributed by atoms with Gasteiger partial charge < -0.3 is 9.84 Å². The summed E-state index contributed by atoms with van der Waals surface area (Å²) in [6, 6.07) is 11.5. The van der Waals surface area contributed by atoms with Crippen molar-refractivity contribution in [3.63, 3.8) is 0 Å². The number of ether oxygens (including phenoxy) is 1. The Hall–Kier alpha value is -2.21. The average molecular weight is 291 g/mol. The lowest BCUT2D eigenvalue weighted by Gasteiger charge is -2.08. The molecule has 0 atom stereocenters.